The van der Waals surface area contributed by atoms with Crippen LogP contribution in [0.3, 0.4) is 0 Å². The Bertz CT molecular complexity index is 715. The monoisotopic (exact) mass is 390 g/mol. The fraction of sp³-hybridized carbons (Fsp3) is 0.500. The molecule has 2 aliphatic rings. The fourth-order valence-electron chi connectivity index (χ4n) is 5.04. The number of hydrogen-bond acceptors (Lipinski definition) is 2. The predicted octanol–water partition coefficient (Wildman–Crippen LogP) is 5.08. The van der Waals surface area contributed by atoms with Gasteiger partial charge in [-0.1, -0.05) is 67.1 Å². The summed E-state index contributed by atoms with van der Waals surface area (Å²) in [7, 11) is 0. The molecule has 0 radical (unpaired) electrons. The summed E-state index contributed by atoms with van der Waals surface area (Å²) in [6, 6.07) is 21.0. The van der Waals surface area contributed by atoms with Gasteiger partial charge in [-0.25, -0.2) is 0 Å². The van der Waals surface area contributed by atoms with Crippen LogP contribution in [-0.2, 0) is 4.79 Å². The van der Waals surface area contributed by atoms with Gasteiger partial charge in [-0.2, -0.15) is 0 Å². The summed E-state index contributed by atoms with van der Waals surface area (Å²) in [5, 5.41) is 0. The molecule has 2 aliphatic heterocycles. The van der Waals surface area contributed by atoms with E-state index in [1.807, 2.05) is 36.4 Å². The largest absolute Gasteiger partial charge is 0.339 e. The Balaban J connectivity index is 1.53. The lowest BCUT2D eigenvalue weighted by Crippen LogP contribution is -2.47. The van der Waals surface area contributed by atoms with E-state index in [1.165, 1.54) is 38.8 Å². The van der Waals surface area contributed by atoms with Crippen LogP contribution in [0.5, 0.6) is 0 Å². The van der Waals surface area contributed by atoms with Crippen molar-refractivity contribution < 1.29 is 4.79 Å². The Labute approximate surface area is 175 Å². The summed E-state index contributed by atoms with van der Waals surface area (Å²) in [4.78, 5) is 18.7. The second-order valence-corrected chi connectivity index (χ2v) is 8.63. The minimum absolute atomic E-state index is 0.201. The van der Waals surface area contributed by atoms with Crippen LogP contribution < -0.4 is 0 Å². The molecule has 2 fully saturated rings. The maximum Gasteiger partial charge on any atom is 0.234 e. The second-order valence-electron chi connectivity index (χ2n) is 8.63. The molecule has 1 atom stereocenters. The molecule has 0 N–H and O–H groups in total. The highest BCUT2D eigenvalue weighted by atomic mass is 16.2. The lowest BCUT2D eigenvalue weighted by molar-refractivity contribution is -0.135. The van der Waals surface area contributed by atoms with Crippen LogP contribution in [0, 0.1) is 0 Å². The molecule has 3 nitrogen and oxygen atoms in total. The Kier molecular flexibility index (Phi) is 7.00. The first kappa shape index (κ1) is 20.2. The Morgan fingerprint density at radius 1 is 0.793 bits per heavy atom. The van der Waals surface area contributed by atoms with Crippen molar-refractivity contribution >= 4 is 5.91 Å². The van der Waals surface area contributed by atoms with Gasteiger partial charge in [0.2, 0.25) is 5.91 Å². The van der Waals surface area contributed by atoms with Crippen LogP contribution in [0.1, 0.15) is 62.0 Å². The number of hydrogen-bond donors (Lipinski definition) is 0. The molecular weight excluding hydrogens is 356 g/mol. The van der Waals surface area contributed by atoms with E-state index in [9.17, 15) is 4.79 Å². The Morgan fingerprint density at radius 3 is 2.00 bits per heavy atom. The van der Waals surface area contributed by atoms with Gasteiger partial charge >= 0.3 is 0 Å². The molecule has 2 heterocycles. The van der Waals surface area contributed by atoms with E-state index in [0.29, 0.717) is 6.04 Å². The van der Waals surface area contributed by atoms with E-state index in [0.717, 1.165) is 43.5 Å². The zero-order valence-electron chi connectivity index (χ0n) is 17.5. The van der Waals surface area contributed by atoms with Gasteiger partial charge in [0.15, 0.2) is 0 Å². The highest BCUT2D eigenvalue weighted by Gasteiger charge is 2.33. The SMILES string of the molecule is O=C(C(c1ccccc1)c1ccccc1)N1CCCCC1CCN1CCCCC1. The highest BCUT2D eigenvalue weighted by molar-refractivity contribution is 5.87. The maximum atomic E-state index is 13.9. The average Bonchev–Trinajstić information content (AvgIpc) is 2.80. The number of likely N-dealkylation sites (tertiary alicyclic amines) is 2. The fourth-order valence-corrected chi connectivity index (χ4v) is 5.04. The van der Waals surface area contributed by atoms with Gasteiger partial charge in [0.1, 0.15) is 0 Å². The van der Waals surface area contributed by atoms with E-state index >= 15 is 0 Å². The molecular formula is C26H34N2O. The van der Waals surface area contributed by atoms with Crippen molar-refractivity contribution in [3.63, 3.8) is 0 Å². The van der Waals surface area contributed by atoms with Gasteiger partial charge < -0.3 is 9.80 Å². The van der Waals surface area contributed by atoms with Crippen molar-refractivity contribution in [3.8, 4) is 0 Å². The topological polar surface area (TPSA) is 23.6 Å². The third kappa shape index (κ3) is 5.08. The van der Waals surface area contributed by atoms with Crippen LogP contribution in [0.2, 0.25) is 0 Å². The summed E-state index contributed by atoms with van der Waals surface area (Å²) < 4.78 is 0. The number of carbonyl (C=O) groups excluding carboxylic acids is 1. The Hall–Kier alpha value is -2.13. The first-order valence-corrected chi connectivity index (χ1v) is 11.5. The van der Waals surface area contributed by atoms with Crippen molar-refractivity contribution in [1.29, 1.82) is 0 Å². The van der Waals surface area contributed by atoms with Crippen LogP contribution in [0.4, 0.5) is 0 Å². The van der Waals surface area contributed by atoms with Crippen molar-refractivity contribution in [1.82, 2.24) is 9.80 Å². The van der Waals surface area contributed by atoms with Gasteiger partial charge in [-0.3, -0.25) is 4.79 Å². The third-order valence-electron chi connectivity index (χ3n) is 6.65. The summed E-state index contributed by atoms with van der Waals surface area (Å²) in [6.07, 6.45) is 8.67. The summed E-state index contributed by atoms with van der Waals surface area (Å²) in [6.45, 7) is 4.50. The number of rotatable bonds is 6. The van der Waals surface area contributed by atoms with Gasteiger partial charge in [-0.15, -0.1) is 0 Å². The van der Waals surface area contributed by atoms with E-state index in [-0.39, 0.29) is 11.8 Å². The minimum Gasteiger partial charge on any atom is -0.339 e. The minimum atomic E-state index is -0.201. The molecule has 0 aliphatic carbocycles. The Morgan fingerprint density at radius 2 is 1.38 bits per heavy atom. The molecule has 0 spiro atoms. The zero-order chi connectivity index (χ0) is 19.9. The van der Waals surface area contributed by atoms with E-state index < -0.39 is 0 Å². The maximum absolute atomic E-state index is 13.9. The van der Waals surface area contributed by atoms with Crippen LogP contribution >= 0.6 is 0 Å². The molecule has 1 unspecified atom stereocenters. The van der Waals surface area contributed by atoms with Gasteiger partial charge in [0, 0.05) is 19.1 Å². The van der Waals surface area contributed by atoms with E-state index in [1.54, 1.807) is 0 Å². The van der Waals surface area contributed by atoms with Crippen LogP contribution in [0.15, 0.2) is 60.7 Å². The summed E-state index contributed by atoms with van der Waals surface area (Å²) >= 11 is 0. The molecule has 29 heavy (non-hydrogen) atoms. The highest BCUT2D eigenvalue weighted by Crippen LogP contribution is 2.31. The van der Waals surface area contributed by atoms with Crippen molar-refractivity contribution in [2.24, 2.45) is 0 Å². The number of carbonyl (C=O) groups is 1. The molecule has 0 saturated carbocycles. The van der Waals surface area contributed by atoms with Crippen molar-refractivity contribution in [2.75, 3.05) is 26.2 Å². The first-order chi connectivity index (χ1) is 14.3. The molecule has 4 rings (SSSR count). The normalized spacial score (nSPS) is 20.7. The van der Waals surface area contributed by atoms with Gasteiger partial charge in [-0.05, 0) is 62.7 Å². The van der Waals surface area contributed by atoms with E-state index in [2.05, 4.69) is 34.1 Å². The number of piperidine rings is 2. The second kappa shape index (κ2) is 10.1. The average molecular weight is 391 g/mol. The molecule has 0 aromatic heterocycles. The van der Waals surface area contributed by atoms with Gasteiger partial charge in [0.05, 0.1) is 5.92 Å². The predicted molar refractivity (Wildman–Crippen MR) is 119 cm³/mol. The smallest absolute Gasteiger partial charge is 0.234 e. The first-order valence-electron chi connectivity index (χ1n) is 11.5. The molecule has 1 amide bonds. The van der Waals surface area contributed by atoms with Crippen molar-refractivity contribution in [2.45, 2.75) is 56.9 Å². The van der Waals surface area contributed by atoms with Crippen LogP contribution in [0.25, 0.3) is 0 Å². The van der Waals surface area contributed by atoms with Crippen molar-refractivity contribution in [3.05, 3.63) is 71.8 Å². The lowest BCUT2D eigenvalue weighted by atomic mass is 9.88. The molecule has 3 heteroatoms. The molecule has 154 valence electrons. The molecule has 2 aromatic rings. The summed E-state index contributed by atoms with van der Waals surface area (Å²) in [5.41, 5.74) is 2.20. The van der Waals surface area contributed by atoms with E-state index in [4.69, 9.17) is 0 Å². The zero-order valence-corrected chi connectivity index (χ0v) is 17.5. The molecule has 2 aromatic carbocycles. The quantitative estimate of drug-likeness (QED) is 0.687. The number of benzene rings is 2. The standard InChI is InChI=1S/C26H34N2O/c29-26(25(22-12-4-1-5-13-22)23-14-6-2-7-15-23)28-20-11-8-16-24(28)17-21-27-18-9-3-10-19-27/h1-2,4-7,12-15,24-25H,3,8-11,16-21H2. The molecule has 0 bridgehead atoms. The lowest BCUT2D eigenvalue weighted by Gasteiger charge is -2.39. The summed E-state index contributed by atoms with van der Waals surface area (Å²) in [5.74, 6) is 0.0822. The third-order valence-corrected chi connectivity index (χ3v) is 6.65. The number of amides is 1. The number of nitrogens with zero attached hydrogens (tertiary/aromatic N) is 2. The molecule has 2 saturated heterocycles. The van der Waals surface area contributed by atoms with Gasteiger partial charge in [0.25, 0.3) is 0 Å². The van der Waals surface area contributed by atoms with Crippen LogP contribution in [-0.4, -0.2) is 47.9 Å².